The molecule has 6 nitrogen and oxygen atoms in total. The lowest BCUT2D eigenvalue weighted by molar-refractivity contribution is -0.120. The van der Waals surface area contributed by atoms with Gasteiger partial charge in [0.1, 0.15) is 6.42 Å². The number of nitrogens with zero attached hydrogens (tertiary/aromatic N) is 1. The Morgan fingerprint density at radius 2 is 2.11 bits per heavy atom. The van der Waals surface area contributed by atoms with Crippen molar-refractivity contribution in [3.63, 3.8) is 0 Å². The Morgan fingerprint density at radius 3 is 2.74 bits per heavy atom. The second-order valence-corrected chi connectivity index (χ2v) is 4.01. The first-order valence-electron chi connectivity index (χ1n) is 5.36. The number of hydrazine groups is 1. The average Bonchev–Trinajstić information content (AvgIpc) is 2.37. The van der Waals surface area contributed by atoms with Crippen LogP contribution in [0.5, 0.6) is 0 Å². The third kappa shape index (κ3) is 5.14. The van der Waals surface area contributed by atoms with E-state index < -0.39 is 5.91 Å². The van der Waals surface area contributed by atoms with E-state index in [4.69, 9.17) is 17.5 Å². The Bertz CT molecular complexity index is 551. The minimum absolute atomic E-state index is 0.0511. The molecule has 1 aromatic carbocycles. The van der Waals surface area contributed by atoms with Gasteiger partial charge in [0, 0.05) is 11.3 Å². The highest BCUT2D eigenvalue weighted by Crippen LogP contribution is 2.10. The number of carbonyl (C=O) groups excluding carboxylic acids is 2. The minimum atomic E-state index is -0.482. The minimum Gasteiger partial charge on any atom is -0.331 e. The number of nitrogens with one attached hydrogen (secondary N) is 3. The van der Waals surface area contributed by atoms with E-state index in [-0.39, 0.29) is 17.3 Å². The van der Waals surface area contributed by atoms with Crippen molar-refractivity contribution in [2.75, 3.05) is 5.32 Å². The molecule has 0 heterocycles. The summed E-state index contributed by atoms with van der Waals surface area (Å²) in [5, 5.41) is 11.3. The van der Waals surface area contributed by atoms with E-state index in [1.54, 1.807) is 30.3 Å². The summed E-state index contributed by atoms with van der Waals surface area (Å²) in [5.74, 6) is -0.533. The van der Waals surface area contributed by atoms with Crippen LogP contribution in [0.15, 0.2) is 24.3 Å². The van der Waals surface area contributed by atoms with E-state index in [1.165, 1.54) is 6.92 Å². The van der Waals surface area contributed by atoms with Gasteiger partial charge in [-0.25, -0.2) is 0 Å². The molecule has 0 aliphatic carbocycles. The molecule has 1 amide bonds. The predicted octanol–water partition coefficient (Wildman–Crippen LogP) is 1.12. The number of carbonyl (C=O) groups is 2. The largest absolute Gasteiger partial charge is 0.331 e. The SMILES string of the molecule is CC(=O)c1cccc(NC(=S)NNC(=O)CC#N)c1. The molecule has 1 rings (SSSR count). The van der Waals surface area contributed by atoms with Crippen LogP contribution in [-0.4, -0.2) is 16.8 Å². The highest BCUT2D eigenvalue weighted by molar-refractivity contribution is 7.80. The van der Waals surface area contributed by atoms with Crippen LogP contribution < -0.4 is 16.2 Å². The van der Waals surface area contributed by atoms with Gasteiger partial charge in [0.05, 0.1) is 6.07 Å². The number of Topliss-reactive ketones (excluding diaryl/α,β-unsaturated/α-hetero) is 1. The number of hydrogen-bond acceptors (Lipinski definition) is 4. The molecule has 0 aliphatic heterocycles. The summed E-state index contributed by atoms with van der Waals surface area (Å²) in [6.07, 6.45) is -0.255. The molecule has 0 unspecified atom stereocenters. The molecule has 0 bridgehead atoms. The van der Waals surface area contributed by atoms with Gasteiger partial charge in [-0.05, 0) is 31.3 Å². The molecule has 19 heavy (non-hydrogen) atoms. The molecule has 1 aromatic rings. The molecular formula is C12H12N4O2S. The molecule has 0 aliphatic rings. The summed E-state index contributed by atoms with van der Waals surface area (Å²) in [6.45, 7) is 1.47. The van der Waals surface area contributed by atoms with E-state index in [0.717, 1.165) is 0 Å². The van der Waals surface area contributed by atoms with Gasteiger partial charge in [0.15, 0.2) is 10.9 Å². The van der Waals surface area contributed by atoms with Gasteiger partial charge in [-0.3, -0.25) is 20.4 Å². The molecule has 98 valence electrons. The second kappa shape index (κ2) is 7.08. The molecule has 3 N–H and O–H groups in total. The summed E-state index contributed by atoms with van der Waals surface area (Å²) in [4.78, 5) is 22.2. The second-order valence-electron chi connectivity index (χ2n) is 3.60. The van der Waals surface area contributed by atoms with Crippen LogP contribution >= 0.6 is 12.2 Å². The van der Waals surface area contributed by atoms with Crippen LogP contribution in [0.1, 0.15) is 23.7 Å². The van der Waals surface area contributed by atoms with Crippen LogP contribution in [0.4, 0.5) is 5.69 Å². The van der Waals surface area contributed by atoms with Gasteiger partial charge in [-0.1, -0.05) is 12.1 Å². The monoisotopic (exact) mass is 276 g/mol. The normalized spacial score (nSPS) is 9.05. The van der Waals surface area contributed by atoms with E-state index in [2.05, 4.69) is 16.2 Å². The summed E-state index contributed by atoms with van der Waals surface area (Å²) in [5.41, 5.74) is 5.89. The first kappa shape index (κ1) is 14.6. The fraction of sp³-hybridized carbons (Fsp3) is 0.167. The zero-order valence-electron chi connectivity index (χ0n) is 10.2. The van der Waals surface area contributed by atoms with Crippen LogP contribution in [0.25, 0.3) is 0 Å². The molecule has 0 saturated heterocycles. The van der Waals surface area contributed by atoms with Gasteiger partial charge in [-0.15, -0.1) is 0 Å². The van der Waals surface area contributed by atoms with E-state index >= 15 is 0 Å². The van der Waals surface area contributed by atoms with Crippen LogP contribution in [0.2, 0.25) is 0 Å². The fourth-order valence-corrected chi connectivity index (χ4v) is 1.39. The fourth-order valence-electron chi connectivity index (χ4n) is 1.22. The van der Waals surface area contributed by atoms with Crippen LogP contribution in [0, 0.1) is 11.3 Å². The predicted molar refractivity (Wildman–Crippen MR) is 74.2 cm³/mol. The number of ketones is 1. The van der Waals surface area contributed by atoms with Gasteiger partial charge >= 0.3 is 0 Å². The van der Waals surface area contributed by atoms with Gasteiger partial charge in [-0.2, -0.15) is 5.26 Å². The number of hydrogen-bond donors (Lipinski definition) is 3. The maximum atomic E-state index is 11.2. The molecule has 0 fully saturated rings. The topological polar surface area (TPSA) is 94.0 Å². The summed E-state index contributed by atoms with van der Waals surface area (Å²) in [6, 6.07) is 8.50. The standard InChI is InChI=1S/C12H12N4O2S/c1-8(17)9-3-2-4-10(7-9)14-12(19)16-15-11(18)5-6-13/h2-4,7H,5H2,1H3,(H,15,18)(H2,14,16,19). The van der Waals surface area contributed by atoms with Crippen molar-refractivity contribution in [1.82, 2.24) is 10.9 Å². The molecule has 0 aromatic heterocycles. The third-order valence-electron chi connectivity index (χ3n) is 2.08. The van der Waals surface area contributed by atoms with Crippen molar-refractivity contribution < 1.29 is 9.59 Å². The lowest BCUT2D eigenvalue weighted by atomic mass is 10.1. The Labute approximate surface area is 115 Å². The van der Waals surface area contributed by atoms with Crippen LogP contribution in [0.3, 0.4) is 0 Å². The maximum absolute atomic E-state index is 11.2. The zero-order chi connectivity index (χ0) is 14.3. The van der Waals surface area contributed by atoms with Gasteiger partial charge in [0.2, 0.25) is 0 Å². The maximum Gasteiger partial charge on any atom is 0.252 e. The van der Waals surface area contributed by atoms with Crippen molar-refractivity contribution in [3.05, 3.63) is 29.8 Å². The summed E-state index contributed by atoms with van der Waals surface area (Å²) < 4.78 is 0. The first-order chi connectivity index (χ1) is 9.02. The Balaban J connectivity index is 2.53. The quantitative estimate of drug-likeness (QED) is 0.435. The van der Waals surface area contributed by atoms with Crippen molar-refractivity contribution in [2.24, 2.45) is 0 Å². The number of anilines is 1. The zero-order valence-corrected chi connectivity index (χ0v) is 11.0. The summed E-state index contributed by atoms with van der Waals surface area (Å²) in [7, 11) is 0. The van der Waals surface area contributed by atoms with E-state index in [9.17, 15) is 9.59 Å². The van der Waals surface area contributed by atoms with Gasteiger partial charge in [0.25, 0.3) is 5.91 Å². The average molecular weight is 276 g/mol. The number of nitriles is 1. The number of benzene rings is 1. The molecule has 0 saturated carbocycles. The Hall–Kier alpha value is -2.46. The first-order valence-corrected chi connectivity index (χ1v) is 5.77. The van der Waals surface area contributed by atoms with Crippen LogP contribution in [-0.2, 0) is 4.79 Å². The Morgan fingerprint density at radius 1 is 1.37 bits per heavy atom. The smallest absolute Gasteiger partial charge is 0.252 e. The van der Waals surface area contributed by atoms with Crippen molar-refractivity contribution >= 4 is 34.7 Å². The lowest BCUT2D eigenvalue weighted by Gasteiger charge is -2.11. The molecule has 0 radical (unpaired) electrons. The highest BCUT2D eigenvalue weighted by Gasteiger charge is 2.03. The van der Waals surface area contributed by atoms with E-state index in [0.29, 0.717) is 11.3 Å². The Kier molecular flexibility index (Phi) is 5.44. The number of thiocarbonyl (C=S) groups is 1. The van der Waals surface area contributed by atoms with Crippen molar-refractivity contribution in [2.45, 2.75) is 13.3 Å². The lowest BCUT2D eigenvalue weighted by Crippen LogP contribution is -2.43. The van der Waals surface area contributed by atoms with E-state index in [1.807, 2.05) is 0 Å². The summed E-state index contributed by atoms with van der Waals surface area (Å²) >= 11 is 4.94. The van der Waals surface area contributed by atoms with Crippen molar-refractivity contribution in [3.8, 4) is 6.07 Å². The number of amides is 1. The highest BCUT2D eigenvalue weighted by atomic mass is 32.1. The number of rotatable bonds is 3. The van der Waals surface area contributed by atoms with Gasteiger partial charge < -0.3 is 5.32 Å². The molecule has 7 heteroatoms. The molecule has 0 spiro atoms. The molecule has 0 atom stereocenters. The van der Waals surface area contributed by atoms with Crippen molar-refractivity contribution in [1.29, 1.82) is 5.26 Å². The third-order valence-corrected chi connectivity index (χ3v) is 2.29. The molecular weight excluding hydrogens is 264 g/mol.